The largest absolute Gasteiger partial charge is 1.00 e. The van der Waals surface area contributed by atoms with Crippen molar-refractivity contribution >= 4 is 107 Å². The first-order valence-corrected chi connectivity index (χ1v) is 18.7. The molecule has 2 heterocycles. The van der Waals surface area contributed by atoms with Crippen molar-refractivity contribution in [3.63, 3.8) is 0 Å². The van der Waals surface area contributed by atoms with Gasteiger partial charge in [0.2, 0.25) is 0 Å². The molecule has 0 aliphatic carbocycles. The number of hydrogen-bond donors (Lipinski definition) is 0. The Morgan fingerprint density at radius 1 is 0.321 bits per heavy atom. The van der Waals surface area contributed by atoms with E-state index in [-0.39, 0.29) is 68.9 Å². The van der Waals surface area contributed by atoms with Crippen molar-refractivity contribution in [2.24, 2.45) is 0 Å². The molecule has 0 fully saturated rings. The third-order valence-corrected chi connectivity index (χ3v) is 12.5. The fourth-order valence-electron chi connectivity index (χ4n) is 8.68. The Labute approximate surface area is 368 Å². The maximum atomic E-state index is 5.30. The van der Waals surface area contributed by atoms with Crippen LogP contribution in [0.1, 0.15) is 0 Å². The molecule has 0 atom stereocenters. The number of fused-ring (bicyclic) bond motifs is 15. The molecule has 240 valence electrons. The molecule has 10 aromatic carbocycles. The molecule has 0 unspecified atom stereocenters. The number of hydrogen-bond acceptors (Lipinski definition) is 1. The number of nitrogens with zero attached hydrogens (tertiary/aromatic N) is 1. The topological polar surface area (TPSA) is 14.1 Å². The van der Waals surface area contributed by atoms with Crippen LogP contribution in [0.5, 0.6) is 0 Å². The summed E-state index contributed by atoms with van der Waals surface area (Å²) < 4.78 is 2.64. The Balaban J connectivity index is 0.00000331. The summed E-state index contributed by atoms with van der Waals surface area (Å²) in [7, 11) is 0. The van der Waals surface area contributed by atoms with Gasteiger partial charge in [0.15, 0.2) is 0 Å². The number of aromatic nitrogens is 1. The fourth-order valence-corrected chi connectivity index (χ4v) is 9.95. The van der Waals surface area contributed by atoms with Gasteiger partial charge < -0.3 is 4.98 Å². The van der Waals surface area contributed by atoms with E-state index < -0.39 is 0 Å². The molecule has 12 aromatic rings. The quantitative estimate of drug-likeness (QED) is 0.159. The molecule has 0 radical (unpaired) electrons. The summed E-state index contributed by atoms with van der Waals surface area (Å²) in [5.41, 5.74) is 7.03. The first-order chi connectivity index (χ1) is 25.7. The van der Waals surface area contributed by atoms with E-state index in [0.29, 0.717) is 0 Å². The Kier molecular flexibility index (Phi) is 7.44. The summed E-state index contributed by atoms with van der Waals surface area (Å²) in [4.78, 5) is 5.30. The molecule has 0 amide bonds. The third-order valence-electron chi connectivity index (χ3n) is 11.3. The predicted octanol–water partition coefficient (Wildman–Crippen LogP) is 11.4. The fraction of sp³-hybridized carbons (Fsp3) is 0. The van der Waals surface area contributed by atoms with E-state index in [2.05, 4.69) is 170 Å². The average molecular weight is 808 g/mol. The van der Waals surface area contributed by atoms with Crippen LogP contribution in [0.2, 0.25) is 0 Å². The number of rotatable bonds is 2. The summed E-state index contributed by atoms with van der Waals surface area (Å²) in [6.45, 7) is 0. The SMILES string of the molecule is [Cs+].c1ccc2c(c1)ccc1cc(-c3ccc4c(c3)[n-]c3c4ccc4c3ccc3c5ccc(-c6ccc7c(ccc8ccccc87)c6)cc5sc34)ccc12. The van der Waals surface area contributed by atoms with Gasteiger partial charge in [-0.25, -0.2) is 0 Å². The molecule has 0 aliphatic rings. The zero-order valence-corrected chi connectivity index (χ0v) is 36.1. The van der Waals surface area contributed by atoms with Gasteiger partial charge in [-0.1, -0.05) is 152 Å². The number of thiophene rings is 1. The van der Waals surface area contributed by atoms with Gasteiger partial charge in [0.25, 0.3) is 0 Å². The zero-order valence-electron chi connectivity index (χ0n) is 29.0. The zero-order chi connectivity index (χ0) is 33.9. The summed E-state index contributed by atoms with van der Waals surface area (Å²) in [5, 5.41) is 17.8. The summed E-state index contributed by atoms with van der Waals surface area (Å²) in [5.74, 6) is 0. The predicted molar refractivity (Wildman–Crippen MR) is 226 cm³/mol. The normalized spacial score (nSPS) is 12.0. The smallest absolute Gasteiger partial charge is 0.656 e. The van der Waals surface area contributed by atoms with E-state index in [1.165, 1.54) is 107 Å². The van der Waals surface area contributed by atoms with Gasteiger partial charge in [-0.2, -0.15) is 0 Å². The van der Waals surface area contributed by atoms with Gasteiger partial charge in [0, 0.05) is 20.2 Å². The minimum Gasteiger partial charge on any atom is -0.656 e. The molecule has 0 N–H and O–H groups in total. The maximum absolute atomic E-state index is 5.30. The van der Waals surface area contributed by atoms with Gasteiger partial charge in [0.05, 0.1) is 0 Å². The minimum atomic E-state index is 0. The summed E-state index contributed by atoms with van der Waals surface area (Å²) in [6.07, 6.45) is 0. The second-order valence-electron chi connectivity index (χ2n) is 14.1. The summed E-state index contributed by atoms with van der Waals surface area (Å²) in [6, 6.07) is 62.8. The molecule has 3 heteroatoms. The molecule has 0 spiro atoms. The first kappa shape index (κ1) is 32.0. The Hall–Kier alpha value is -4.43. The Morgan fingerprint density at radius 3 is 1.40 bits per heavy atom. The van der Waals surface area contributed by atoms with Crippen molar-refractivity contribution in [1.82, 2.24) is 4.98 Å². The van der Waals surface area contributed by atoms with Crippen LogP contribution in [-0.2, 0) is 0 Å². The van der Waals surface area contributed by atoms with Crippen LogP contribution in [0.15, 0.2) is 170 Å². The van der Waals surface area contributed by atoms with Crippen LogP contribution >= 0.6 is 11.3 Å². The van der Waals surface area contributed by atoms with Gasteiger partial charge in [-0.15, -0.1) is 22.4 Å². The third kappa shape index (κ3) is 4.93. The Morgan fingerprint density at radius 2 is 0.755 bits per heavy atom. The molecule has 0 bridgehead atoms. The number of benzene rings is 10. The van der Waals surface area contributed by atoms with Crippen molar-refractivity contribution in [2.45, 2.75) is 0 Å². The van der Waals surface area contributed by atoms with Crippen LogP contribution in [-0.4, -0.2) is 0 Å². The van der Waals surface area contributed by atoms with Crippen LogP contribution in [0.25, 0.3) is 118 Å². The van der Waals surface area contributed by atoms with Crippen molar-refractivity contribution in [1.29, 1.82) is 0 Å². The van der Waals surface area contributed by atoms with E-state index in [9.17, 15) is 0 Å². The van der Waals surface area contributed by atoms with Gasteiger partial charge in [0.1, 0.15) is 0 Å². The van der Waals surface area contributed by atoms with Crippen LogP contribution < -0.4 is 73.9 Å². The van der Waals surface area contributed by atoms with E-state index in [1.54, 1.807) is 0 Å². The van der Waals surface area contributed by atoms with Crippen molar-refractivity contribution in [3.8, 4) is 22.3 Å². The minimum absolute atomic E-state index is 0. The molecule has 0 saturated heterocycles. The van der Waals surface area contributed by atoms with Crippen molar-refractivity contribution < 1.29 is 68.9 Å². The maximum Gasteiger partial charge on any atom is 1.00 e. The molecule has 0 aliphatic heterocycles. The monoisotopic (exact) mass is 807 g/mol. The van der Waals surface area contributed by atoms with Gasteiger partial charge >= 0.3 is 68.9 Å². The van der Waals surface area contributed by atoms with E-state index in [0.717, 1.165) is 11.0 Å². The Bertz CT molecular complexity index is 3240. The second-order valence-corrected chi connectivity index (χ2v) is 15.2. The van der Waals surface area contributed by atoms with Crippen molar-refractivity contribution in [3.05, 3.63) is 170 Å². The van der Waals surface area contributed by atoms with Gasteiger partial charge in [-0.05, 0) is 105 Å². The second kappa shape index (κ2) is 12.3. The van der Waals surface area contributed by atoms with Crippen LogP contribution in [0, 0.1) is 0 Å². The standard InChI is InChI=1S/C50H28NS.Cs/c1-3-7-37-29(5-1)9-11-35-25-31(13-17-39(35)37)33-15-19-41-43-21-24-46-44(49(43)51-47(41)27-33)22-23-45-42-20-16-34(28-48(42)52-50(45)46)32-14-18-40-36(26-32)12-10-30-6-2-4-8-38(30)40;/h1-28H;/q-1;+1. The molecular formula is C50H28CsNS. The molecule has 53 heavy (non-hydrogen) atoms. The molecule has 2 aromatic heterocycles. The first-order valence-electron chi connectivity index (χ1n) is 17.9. The van der Waals surface area contributed by atoms with Crippen LogP contribution in [0.4, 0.5) is 0 Å². The molecular weight excluding hydrogens is 780 g/mol. The molecule has 12 rings (SSSR count). The average Bonchev–Trinajstić information content (AvgIpc) is 3.78. The molecule has 0 saturated carbocycles. The molecule has 1 nitrogen and oxygen atoms in total. The van der Waals surface area contributed by atoms with Gasteiger partial charge in [-0.3, -0.25) is 0 Å². The van der Waals surface area contributed by atoms with E-state index in [4.69, 9.17) is 4.98 Å². The van der Waals surface area contributed by atoms with E-state index >= 15 is 0 Å². The van der Waals surface area contributed by atoms with Crippen molar-refractivity contribution in [2.75, 3.05) is 0 Å². The summed E-state index contributed by atoms with van der Waals surface area (Å²) >= 11 is 1.89. The van der Waals surface area contributed by atoms with Crippen LogP contribution in [0.3, 0.4) is 0 Å². The van der Waals surface area contributed by atoms with E-state index in [1.807, 2.05) is 11.3 Å².